The molecule has 4 heteroatoms. The highest BCUT2D eigenvalue weighted by atomic mass is 16.5. The summed E-state index contributed by atoms with van der Waals surface area (Å²) < 4.78 is 10.7. The van der Waals surface area contributed by atoms with E-state index in [1.165, 1.54) is 6.08 Å². The van der Waals surface area contributed by atoms with Gasteiger partial charge >= 0.3 is 0 Å². The second-order valence-electron chi connectivity index (χ2n) is 5.86. The second kappa shape index (κ2) is 5.67. The number of methoxy groups -OCH3 is 2. The van der Waals surface area contributed by atoms with Crippen molar-refractivity contribution in [1.82, 2.24) is 0 Å². The van der Waals surface area contributed by atoms with Gasteiger partial charge in [0.25, 0.3) is 0 Å². The Morgan fingerprint density at radius 1 is 0.920 bits per heavy atom. The van der Waals surface area contributed by atoms with Gasteiger partial charge in [0.1, 0.15) is 11.5 Å². The molecule has 25 heavy (non-hydrogen) atoms. The molecule has 124 valence electrons. The minimum absolute atomic E-state index is 0.250. The van der Waals surface area contributed by atoms with E-state index in [-0.39, 0.29) is 11.5 Å². The first-order valence-electron chi connectivity index (χ1n) is 7.87. The third-order valence-corrected chi connectivity index (χ3v) is 4.53. The zero-order chi connectivity index (χ0) is 17.6. The van der Waals surface area contributed by atoms with Crippen LogP contribution in [-0.4, -0.2) is 25.1 Å². The molecule has 4 rings (SSSR count). The molecule has 0 aliphatic heterocycles. The van der Waals surface area contributed by atoms with Crippen molar-refractivity contribution in [3.63, 3.8) is 0 Å². The Morgan fingerprint density at radius 3 is 2.48 bits per heavy atom. The number of carbonyl (C=O) groups is 1. The smallest absolute Gasteiger partial charge is 0.228 e. The predicted molar refractivity (Wildman–Crippen MR) is 97.4 cm³/mol. The zero-order valence-electron chi connectivity index (χ0n) is 13.9. The van der Waals surface area contributed by atoms with Crippen LogP contribution in [0.1, 0.15) is 15.9 Å². The molecule has 0 fully saturated rings. The number of aliphatic hydroxyl groups excluding tert-OH is 1. The summed E-state index contributed by atoms with van der Waals surface area (Å²) in [6.45, 7) is 0. The van der Waals surface area contributed by atoms with Crippen molar-refractivity contribution < 1.29 is 19.4 Å². The van der Waals surface area contributed by atoms with Crippen LogP contribution in [-0.2, 0) is 0 Å². The van der Waals surface area contributed by atoms with Crippen molar-refractivity contribution in [1.29, 1.82) is 0 Å². The largest absolute Gasteiger partial charge is 0.504 e. The Bertz CT molecular complexity index is 1050. The average Bonchev–Trinajstić information content (AvgIpc) is 2.65. The van der Waals surface area contributed by atoms with Gasteiger partial charge in [0.05, 0.1) is 14.2 Å². The van der Waals surface area contributed by atoms with Gasteiger partial charge in [-0.2, -0.15) is 0 Å². The second-order valence-corrected chi connectivity index (χ2v) is 5.86. The molecule has 0 heterocycles. The number of benzene rings is 3. The first-order valence-corrected chi connectivity index (χ1v) is 7.87. The normalized spacial score (nSPS) is 12.9. The summed E-state index contributed by atoms with van der Waals surface area (Å²) in [4.78, 5) is 12.7. The fraction of sp³-hybridized carbons (Fsp3) is 0.0952. The molecule has 0 atom stereocenters. The van der Waals surface area contributed by atoms with Crippen molar-refractivity contribution in [3.05, 3.63) is 65.4 Å². The lowest BCUT2D eigenvalue weighted by atomic mass is 9.85. The molecule has 0 unspecified atom stereocenters. The van der Waals surface area contributed by atoms with Crippen molar-refractivity contribution in [3.8, 4) is 22.6 Å². The van der Waals surface area contributed by atoms with Gasteiger partial charge in [-0.3, -0.25) is 4.79 Å². The van der Waals surface area contributed by atoms with Gasteiger partial charge < -0.3 is 14.6 Å². The fourth-order valence-corrected chi connectivity index (χ4v) is 3.35. The number of rotatable bonds is 3. The van der Waals surface area contributed by atoms with Crippen molar-refractivity contribution in [2.75, 3.05) is 14.2 Å². The quantitative estimate of drug-likeness (QED) is 0.760. The number of hydrogen-bond donors (Lipinski definition) is 1. The van der Waals surface area contributed by atoms with Gasteiger partial charge in [0.15, 0.2) is 5.76 Å². The molecule has 3 aromatic carbocycles. The van der Waals surface area contributed by atoms with Crippen LogP contribution in [0.5, 0.6) is 11.5 Å². The summed E-state index contributed by atoms with van der Waals surface area (Å²) in [6.07, 6.45) is 1.52. The van der Waals surface area contributed by atoms with E-state index in [9.17, 15) is 9.90 Å². The van der Waals surface area contributed by atoms with E-state index in [0.29, 0.717) is 17.1 Å². The van der Waals surface area contributed by atoms with E-state index in [0.717, 1.165) is 27.5 Å². The summed E-state index contributed by atoms with van der Waals surface area (Å²) in [5, 5.41) is 11.9. The molecule has 3 aromatic rings. The van der Waals surface area contributed by atoms with E-state index >= 15 is 0 Å². The van der Waals surface area contributed by atoms with Crippen molar-refractivity contribution in [2.45, 2.75) is 0 Å². The Morgan fingerprint density at radius 2 is 1.72 bits per heavy atom. The minimum atomic E-state index is -0.378. The summed E-state index contributed by atoms with van der Waals surface area (Å²) in [5.41, 5.74) is 2.83. The highest BCUT2D eigenvalue weighted by Gasteiger charge is 2.26. The molecule has 0 spiro atoms. The highest BCUT2D eigenvalue weighted by molar-refractivity contribution is 6.25. The molecule has 1 N–H and O–H groups in total. The topological polar surface area (TPSA) is 55.8 Å². The number of hydrogen-bond acceptors (Lipinski definition) is 4. The molecule has 1 aliphatic carbocycles. The molecule has 0 bridgehead atoms. The molecule has 1 aliphatic rings. The Balaban J connectivity index is 2.07. The van der Waals surface area contributed by atoms with Crippen LogP contribution in [0.2, 0.25) is 0 Å². The molecule has 4 nitrogen and oxygen atoms in total. The van der Waals surface area contributed by atoms with Gasteiger partial charge in [-0.05, 0) is 34.7 Å². The van der Waals surface area contributed by atoms with Gasteiger partial charge in [0, 0.05) is 22.6 Å². The van der Waals surface area contributed by atoms with E-state index in [1.807, 2.05) is 42.5 Å². The average molecular weight is 332 g/mol. The summed E-state index contributed by atoms with van der Waals surface area (Å²) in [5.74, 6) is 0.649. The monoisotopic (exact) mass is 332 g/mol. The van der Waals surface area contributed by atoms with E-state index in [1.54, 1.807) is 20.3 Å². The Hall–Kier alpha value is -3.27. The third-order valence-electron chi connectivity index (χ3n) is 4.53. The van der Waals surface area contributed by atoms with Gasteiger partial charge in [-0.1, -0.05) is 30.3 Å². The Labute approximate surface area is 144 Å². The lowest BCUT2D eigenvalue weighted by Crippen LogP contribution is -2.10. The van der Waals surface area contributed by atoms with Crippen molar-refractivity contribution in [2.24, 2.45) is 0 Å². The van der Waals surface area contributed by atoms with Gasteiger partial charge in [0.2, 0.25) is 5.78 Å². The van der Waals surface area contributed by atoms with Crippen LogP contribution < -0.4 is 9.47 Å². The van der Waals surface area contributed by atoms with Gasteiger partial charge in [-0.25, -0.2) is 0 Å². The number of ketones is 1. The standard InChI is InChI=1S/C21H16O4/c1-24-14-7-9-15(18(11-14)25-2)16-8-6-12-4-3-5-13-10-17(22)21(23)20(16)19(12)13/h3-11,22H,1-2H3. The zero-order valence-corrected chi connectivity index (χ0v) is 13.9. The first kappa shape index (κ1) is 15.3. The van der Waals surface area contributed by atoms with E-state index < -0.39 is 0 Å². The number of allylic oxidation sites excluding steroid dienone is 1. The number of Topliss-reactive ketones (excluding diaryl/α,β-unsaturated/α-hetero) is 1. The van der Waals surface area contributed by atoms with Crippen LogP contribution in [0.4, 0.5) is 0 Å². The summed E-state index contributed by atoms with van der Waals surface area (Å²) in [6, 6.07) is 15.1. The Kier molecular flexibility index (Phi) is 3.46. The molecule has 0 saturated carbocycles. The maximum Gasteiger partial charge on any atom is 0.228 e. The highest BCUT2D eigenvalue weighted by Crippen LogP contribution is 2.41. The minimum Gasteiger partial charge on any atom is -0.504 e. The van der Waals surface area contributed by atoms with E-state index in [4.69, 9.17) is 9.47 Å². The number of aliphatic hydroxyl groups is 1. The summed E-state index contributed by atoms with van der Waals surface area (Å²) >= 11 is 0. The fourth-order valence-electron chi connectivity index (χ4n) is 3.35. The first-order chi connectivity index (χ1) is 12.1. The lowest BCUT2D eigenvalue weighted by Gasteiger charge is -2.19. The lowest BCUT2D eigenvalue weighted by molar-refractivity contribution is 0.0981. The molecule has 0 aromatic heterocycles. The summed E-state index contributed by atoms with van der Waals surface area (Å²) in [7, 11) is 3.17. The molecular weight excluding hydrogens is 316 g/mol. The SMILES string of the molecule is COc1ccc(-c2ccc3cccc4c3c2C(=O)C(O)=C4)c(OC)c1. The van der Waals surface area contributed by atoms with Crippen LogP contribution in [0.3, 0.4) is 0 Å². The van der Waals surface area contributed by atoms with Gasteiger partial charge in [-0.15, -0.1) is 0 Å². The van der Waals surface area contributed by atoms with Crippen LogP contribution in [0.15, 0.2) is 54.3 Å². The maximum absolute atomic E-state index is 12.7. The predicted octanol–water partition coefficient (Wildman–Crippen LogP) is 4.62. The maximum atomic E-state index is 12.7. The third kappa shape index (κ3) is 2.26. The molecule has 0 radical (unpaired) electrons. The number of ether oxygens (including phenoxy) is 2. The molecule has 0 saturated heterocycles. The van der Waals surface area contributed by atoms with Crippen molar-refractivity contribution >= 4 is 22.6 Å². The molecular formula is C21H16O4. The number of carbonyl (C=O) groups excluding carboxylic acids is 1. The van der Waals surface area contributed by atoms with Crippen LogP contribution in [0, 0.1) is 0 Å². The molecule has 0 amide bonds. The van der Waals surface area contributed by atoms with E-state index in [2.05, 4.69) is 0 Å². The van der Waals surface area contributed by atoms with Crippen LogP contribution >= 0.6 is 0 Å². The van der Waals surface area contributed by atoms with Crippen LogP contribution in [0.25, 0.3) is 28.0 Å².